The van der Waals surface area contributed by atoms with Crippen LogP contribution in [0.3, 0.4) is 0 Å². The summed E-state index contributed by atoms with van der Waals surface area (Å²) in [7, 11) is 0.463. The Labute approximate surface area is 112 Å². The van der Waals surface area contributed by atoms with E-state index in [1.165, 1.54) is 18.5 Å². The summed E-state index contributed by atoms with van der Waals surface area (Å²) in [6, 6.07) is 2.51. The molecule has 0 N–H and O–H groups in total. The van der Waals surface area contributed by atoms with Gasteiger partial charge in [0.25, 0.3) is 0 Å². The van der Waals surface area contributed by atoms with E-state index in [9.17, 15) is 0 Å². The van der Waals surface area contributed by atoms with Crippen LogP contribution in [0.4, 0.5) is 0 Å². The van der Waals surface area contributed by atoms with E-state index < -0.39 is 8.32 Å². The SMILES string of the molecule is CO[Si]1(C)CCCN(C2=CC=CCO2)CC(C)C1. The van der Waals surface area contributed by atoms with E-state index in [0.29, 0.717) is 12.5 Å². The fraction of sp³-hybridized carbons (Fsp3) is 0.714. The molecule has 102 valence electrons. The van der Waals surface area contributed by atoms with Crippen molar-refractivity contribution < 1.29 is 9.16 Å². The zero-order valence-corrected chi connectivity index (χ0v) is 12.8. The number of hydrogen-bond donors (Lipinski definition) is 0. The first kappa shape index (κ1) is 13.7. The van der Waals surface area contributed by atoms with Crippen LogP contribution in [0.25, 0.3) is 0 Å². The summed E-state index contributed by atoms with van der Waals surface area (Å²) >= 11 is 0. The molecule has 2 rings (SSSR count). The number of allylic oxidation sites excluding steroid dienone is 2. The van der Waals surface area contributed by atoms with E-state index >= 15 is 0 Å². The van der Waals surface area contributed by atoms with Crippen molar-refractivity contribution in [3.63, 3.8) is 0 Å². The second-order valence-corrected chi connectivity index (χ2v) is 9.97. The molecule has 1 saturated heterocycles. The van der Waals surface area contributed by atoms with E-state index in [-0.39, 0.29) is 0 Å². The standard InChI is InChI=1S/C14H25NO2Si/c1-13-11-15(14-7-4-5-9-17-14)8-6-10-18(3,12-13)16-2/h4-5,7,13H,6,8-12H2,1-3H3. The van der Waals surface area contributed by atoms with Crippen molar-refractivity contribution in [3.05, 3.63) is 24.1 Å². The maximum atomic E-state index is 5.83. The Morgan fingerprint density at radius 1 is 1.50 bits per heavy atom. The second kappa shape index (κ2) is 5.93. The molecule has 1 fully saturated rings. The fourth-order valence-corrected chi connectivity index (χ4v) is 6.07. The second-order valence-electron chi connectivity index (χ2n) is 5.76. The van der Waals surface area contributed by atoms with Gasteiger partial charge in [0.2, 0.25) is 0 Å². The van der Waals surface area contributed by atoms with Crippen molar-refractivity contribution in [2.45, 2.75) is 32.0 Å². The summed E-state index contributed by atoms with van der Waals surface area (Å²) in [5, 5.41) is 0. The van der Waals surface area contributed by atoms with Gasteiger partial charge in [-0.25, -0.2) is 0 Å². The summed E-state index contributed by atoms with van der Waals surface area (Å²) in [6.45, 7) is 7.60. The third kappa shape index (κ3) is 3.39. The van der Waals surface area contributed by atoms with Gasteiger partial charge >= 0.3 is 0 Å². The molecule has 18 heavy (non-hydrogen) atoms. The van der Waals surface area contributed by atoms with Crippen LogP contribution in [-0.2, 0) is 9.16 Å². The number of hydrogen-bond acceptors (Lipinski definition) is 3. The van der Waals surface area contributed by atoms with Crippen LogP contribution in [0, 0.1) is 5.92 Å². The highest BCUT2D eigenvalue weighted by molar-refractivity contribution is 6.72. The summed E-state index contributed by atoms with van der Waals surface area (Å²) in [5.41, 5.74) is 0. The van der Waals surface area contributed by atoms with Crippen LogP contribution in [-0.4, -0.2) is 40.0 Å². The van der Waals surface area contributed by atoms with Crippen molar-refractivity contribution in [2.24, 2.45) is 5.92 Å². The molecular formula is C14H25NO2Si. The molecule has 2 heterocycles. The van der Waals surface area contributed by atoms with Crippen LogP contribution < -0.4 is 0 Å². The fourth-order valence-electron chi connectivity index (χ4n) is 2.98. The van der Waals surface area contributed by atoms with Crippen LogP contribution in [0.5, 0.6) is 0 Å². The summed E-state index contributed by atoms with van der Waals surface area (Å²) < 4.78 is 11.5. The molecule has 0 spiro atoms. The Morgan fingerprint density at radius 2 is 2.33 bits per heavy atom. The molecule has 2 aliphatic rings. The monoisotopic (exact) mass is 267 g/mol. The van der Waals surface area contributed by atoms with Gasteiger partial charge in [-0.1, -0.05) is 13.0 Å². The van der Waals surface area contributed by atoms with Crippen LogP contribution >= 0.6 is 0 Å². The van der Waals surface area contributed by atoms with Crippen LogP contribution in [0.2, 0.25) is 18.6 Å². The third-order valence-electron chi connectivity index (χ3n) is 3.95. The molecule has 0 aromatic rings. The van der Waals surface area contributed by atoms with Crippen molar-refractivity contribution in [1.29, 1.82) is 0 Å². The third-order valence-corrected chi connectivity index (χ3v) is 7.91. The average Bonchev–Trinajstić information content (AvgIpc) is 2.36. The molecular weight excluding hydrogens is 242 g/mol. The molecule has 0 aliphatic carbocycles. The van der Waals surface area contributed by atoms with Gasteiger partial charge in [-0.3, -0.25) is 0 Å². The van der Waals surface area contributed by atoms with E-state index in [2.05, 4.69) is 30.5 Å². The number of rotatable bonds is 2. The summed E-state index contributed by atoms with van der Waals surface area (Å²) in [6.07, 6.45) is 7.45. The Bertz CT molecular complexity index is 343. The van der Waals surface area contributed by atoms with Crippen LogP contribution in [0.1, 0.15) is 13.3 Å². The van der Waals surface area contributed by atoms with Gasteiger partial charge in [0, 0.05) is 20.2 Å². The molecule has 0 amide bonds. The predicted molar refractivity (Wildman–Crippen MR) is 76.8 cm³/mol. The van der Waals surface area contributed by atoms with Gasteiger partial charge in [0.1, 0.15) is 6.61 Å². The molecule has 2 unspecified atom stereocenters. The number of ether oxygens (including phenoxy) is 1. The molecule has 3 nitrogen and oxygen atoms in total. The first-order chi connectivity index (χ1) is 8.63. The lowest BCUT2D eigenvalue weighted by molar-refractivity contribution is 0.115. The molecule has 2 atom stereocenters. The van der Waals surface area contributed by atoms with Crippen molar-refractivity contribution in [1.82, 2.24) is 4.90 Å². The minimum atomic E-state index is -1.44. The quantitative estimate of drug-likeness (QED) is 0.718. The molecule has 0 saturated carbocycles. The average molecular weight is 267 g/mol. The highest BCUT2D eigenvalue weighted by atomic mass is 28.4. The Morgan fingerprint density at radius 3 is 3.00 bits per heavy atom. The maximum Gasteiger partial charge on any atom is 0.189 e. The summed E-state index contributed by atoms with van der Waals surface area (Å²) in [5.74, 6) is 1.73. The van der Waals surface area contributed by atoms with Gasteiger partial charge < -0.3 is 14.1 Å². The maximum absolute atomic E-state index is 5.83. The highest BCUT2D eigenvalue weighted by Crippen LogP contribution is 2.28. The van der Waals surface area contributed by atoms with Gasteiger partial charge in [-0.2, -0.15) is 0 Å². The van der Waals surface area contributed by atoms with Gasteiger partial charge in [0.15, 0.2) is 14.2 Å². The van der Waals surface area contributed by atoms with Gasteiger partial charge in [-0.05, 0) is 43.1 Å². The van der Waals surface area contributed by atoms with E-state index in [0.717, 1.165) is 19.0 Å². The van der Waals surface area contributed by atoms with Crippen molar-refractivity contribution in [3.8, 4) is 0 Å². The summed E-state index contributed by atoms with van der Waals surface area (Å²) in [4.78, 5) is 2.40. The molecule has 0 bridgehead atoms. The zero-order valence-electron chi connectivity index (χ0n) is 11.8. The van der Waals surface area contributed by atoms with Gasteiger partial charge in [0.05, 0.1) is 0 Å². The first-order valence-corrected chi connectivity index (χ1v) is 9.75. The normalized spacial score (nSPS) is 33.4. The predicted octanol–water partition coefficient (Wildman–Crippen LogP) is 2.98. The molecule has 2 aliphatic heterocycles. The van der Waals surface area contributed by atoms with Gasteiger partial charge in [-0.15, -0.1) is 0 Å². The van der Waals surface area contributed by atoms with Crippen LogP contribution in [0.15, 0.2) is 24.1 Å². The van der Waals surface area contributed by atoms with E-state index in [1.807, 2.05) is 13.2 Å². The highest BCUT2D eigenvalue weighted by Gasteiger charge is 2.32. The minimum absolute atomic E-state index is 0.678. The lowest BCUT2D eigenvalue weighted by Gasteiger charge is -2.37. The molecule has 0 radical (unpaired) electrons. The molecule has 0 aromatic carbocycles. The number of nitrogens with zero attached hydrogens (tertiary/aromatic N) is 1. The molecule has 4 heteroatoms. The lowest BCUT2D eigenvalue weighted by atomic mass is 10.2. The Balaban J connectivity index is 2.01. The Hall–Kier alpha value is -0.743. The van der Waals surface area contributed by atoms with Crippen molar-refractivity contribution in [2.75, 3.05) is 26.8 Å². The largest absolute Gasteiger partial charge is 0.475 e. The minimum Gasteiger partial charge on any atom is -0.475 e. The lowest BCUT2D eigenvalue weighted by Crippen LogP contribution is -2.42. The smallest absolute Gasteiger partial charge is 0.189 e. The zero-order chi connectivity index (χ0) is 13.0. The first-order valence-electron chi connectivity index (χ1n) is 6.93. The topological polar surface area (TPSA) is 21.7 Å². The van der Waals surface area contributed by atoms with E-state index in [4.69, 9.17) is 9.16 Å². The van der Waals surface area contributed by atoms with E-state index in [1.54, 1.807) is 0 Å². The van der Waals surface area contributed by atoms with Crippen molar-refractivity contribution >= 4 is 8.32 Å². The molecule has 0 aromatic heterocycles. The Kier molecular flexibility index (Phi) is 4.51.